The van der Waals surface area contributed by atoms with Gasteiger partial charge < -0.3 is 10.1 Å². The number of nitrogens with zero attached hydrogens (tertiary/aromatic N) is 2. The van der Waals surface area contributed by atoms with E-state index in [-0.39, 0.29) is 5.82 Å². The number of ether oxygens (including phenoxy) is 1. The van der Waals surface area contributed by atoms with Crippen molar-refractivity contribution in [3.63, 3.8) is 0 Å². The fourth-order valence-electron chi connectivity index (χ4n) is 1.79. The zero-order valence-electron chi connectivity index (χ0n) is 11.7. The molecule has 0 aliphatic rings. The molecule has 0 unspecified atom stereocenters. The lowest BCUT2D eigenvalue weighted by Gasteiger charge is -2.01. The molecule has 1 N–H and O–H groups in total. The van der Waals surface area contributed by atoms with E-state index < -0.39 is 0 Å². The normalized spacial score (nSPS) is 11.0. The van der Waals surface area contributed by atoms with Crippen LogP contribution in [0.2, 0.25) is 5.02 Å². The molecule has 0 fully saturated rings. The van der Waals surface area contributed by atoms with Gasteiger partial charge in [-0.3, -0.25) is 0 Å². The van der Waals surface area contributed by atoms with Crippen molar-refractivity contribution in [1.29, 1.82) is 0 Å². The summed E-state index contributed by atoms with van der Waals surface area (Å²) in [5.74, 6) is -0.330. The van der Waals surface area contributed by atoms with Crippen molar-refractivity contribution >= 4 is 22.9 Å². The van der Waals surface area contributed by atoms with Crippen molar-refractivity contribution in [1.82, 2.24) is 15.5 Å². The van der Waals surface area contributed by atoms with Crippen LogP contribution in [-0.4, -0.2) is 37.0 Å². The first-order valence-electron chi connectivity index (χ1n) is 6.68. The van der Waals surface area contributed by atoms with Gasteiger partial charge in [-0.2, -0.15) is 0 Å². The molecule has 114 valence electrons. The molecule has 2 aromatic rings. The summed E-state index contributed by atoms with van der Waals surface area (Å²) in [7, 11) is 1.68. The second-order valence-corrected chi connectivity index (χ2v) is 5.97. The lowest BCUT2D eigenvalue weighted by Crippen LogP contribution is -2.20. The van der Waals surface area contributed by atoms with Crippen LogP contribution in [0.1, 0.15) is 11.4 Å². The molecule has 2 rings (SSSR count). The van der Waals surface area contributed by atoms with Gasteiger partial charge >= 0.3 is 0 Å². The Morgan fingerprint density at radius 2 is 2.19 bits per heavy atom. The van der Waals surface area contributed by atoms with Crippen molar-refractivity contribution in [2.75, 3.05) is 26.8 Å². The van der Waals surface area contributed by atoms with Crippen molar-refractivity contribution in [2.45, 2.75) is 12.8 Å². The smallest absolute Gasteiger partial charge is 0.150 e. The summed E-state index contributed by atoms with van der Waals surface area (Å²) in [6.45, 7) is 2.44. The van der Waals surface area contributed by atoms with Crippen molar-refractivity contribution in [2.24, 2.45) is 0 Å². The quantitative estimate of drug-likeness (QED) is 0.756. The maximum absolute atomic E-state index is 13.7. The first-order chi connectivity index (χ1) is 10.2. The molecular formula is C14H17ClFN3OS. The van der Waals surface area contributed by atoms with Crippen LogP contribution in [0, 0.1) is 5.82 Å². The maximum Gasteiger partial charge on any atom is 0.150 e. The molecule has 4 nitrogen and oxygen atoms in total. The number of halogens is 2. The Morgan fingerprint density at radius 3 is 3.00 bits per heavy atom. The van der Waals surface area contributed by atoms with Crippen LogP contribution in [0.3, 0.4) is 0 Å². The van der Waals surface area contributed by atoms with E-state index in [4.69, 9.17) is 16.3 Å². The Hall–Kier alpha value is -1.08. The number of rotatable bonds is 8. The van der Waals surface area contributed by atoms with Gasteiger partial charge in [-0.05, 0) is 31.2 Å². The molecule has 0 atom stereocenters. The van der Waals surface area contributed by atoms with E-state index in [1.165, 1.54) is 23.5 Å². The van der Waals surface area contributed by atoms with E-state index in [0.29, 0.717) is 22.2 Å². The van der Waals surface area contributed by atoms with Gasteiger partial charge in [0.1, 0.15) is 10.8 Å². The Bertz CT molecular complexity index is 579. The lowest BCUT2D eigenvalue weighted by atomic mass is 10.2. The van der Waals surface area contributed by atoms with Gasteiger partial charge in [-0.1, -0.05) is 22.9 Å². The van der Waals surface area contributed by atoms with Crippen LogP contribution in [0.25, 0.3) is 10.6 Å². The summed E-state index contributed by atoms with van der Waals surface area (Å²) in [6.07, 6.45) is 1.77. The molecule has 0 aliphatic carbocycles. The fraction of sp³-hybridized carbons (Fsp3) is 0.429. The SMILES string of the molecule is COCCNCCCc1nnc(-c2cc(Cl)ccc2F)s1. The third kappa shape index (κ3) is 5.00. The predicted molar refractivity (Wildman–Crippen MR) is 83.4 cm³/mol. The topological polar surface area (TPSA) is 47.0 Å². The van der Waals surface area contributed by atoms with Gasteiger partial charge in [-0.15, -0.1) is 10.2 Å². The van der Waals surface area contributed by atoms with E-state index in [2.05, 4.69) is 15.5 Å². The van der Waals surface area contributed by atoms with Gasteiger partial charge in [0.25, 0.3) is 0 Å². The minimum Gasteiger partial charge on any atom is -0.383 e. The minimum atomic E-state index is -0.330. The standard InChI is InChI=1S/C14H17ClFN3OS/c1-20-8-7-17-6-2-3-13-18-19-14(21-13)11-9-10(15)4-5-12(11)16/h4-5,9,17H,2-3,6-8H2,1H3. The second kappa shape index (κ2) is 8.38. The summed E-state index contributed by atoms with van der Waals surface area (Å²) in [5, 5.41) is 13.4. The third-order valence-corrected chi connectivity index (χ3v) is 4.10. The van der Waals surface area contributed by atoms with E-state index >= 15 is 0 Å². The van der Waals surface area contributed by atoms with Crippen LogP contribution in [0.15, 0.2) is 18.2 Å². The summed E-state index contributed by atoms with van der Waals surface area (Å²) < 4.78 is 18.7. The third-order valence-electron chi connectivity index (χ3n) is 2.85. The van der Waals surface area contributed by atoms with Gasteiger partial charge in [0.05, 0.1) is 6.61 Å². The van der Waals surface area contributed by atoms with E-state index in [1.54, 1.807) is 13.2 Å². The Kier molecular flexibility index (Phi) is 6.50. The van der Waals surface area contributed by atoms with Gasteiger partial charge in [0, 0.05) is 30.7 Å². The highest BCUT2D eigenvalue weighted by atomic mass is 35.5. The Labute approximate surface area is 132 Å². The molecule has 0 aliphatic heterocycles. The van der Waals surface area contributed by atoms with Crippen LogP contribution >= 0.6 is 22.9 Å². The summed E-state index contributed by atoms with van der Waals surface area (Å²) >= 11 is 7.29. The molecule has 1 aromatic carbocycles. The van der Waals surface area contributed by atoms with Crippen molar-refractivity contribution in [3.8, 4) is 10.6 Å². The van der Waals surface area contributed by atoms with E-state index in [9.17, 15) is 4.39 Å². The number of nitrogens with one attached hydrogen (secondary N) is 1. The summed E-state index contributed by atoms with van der Waals surface area (Å²) in [6, 6.07) is 4.44. The summed E-state index contributed by atoms with van der Waals surface area (Å²) in [4.78, 5) is 0. The molecule has 0 bridgehead atoms. The molecule has 0 radical (unpaired) electrons. The Balaban J connectivity index is 1.88. The number of methoxy groups -OCH3 is 1. The molecular weight excluding hydrogens is 313 g/mol. The average Bonchev–Trinajstić information content (AvgIpc) is 2.94. The summed E-state index contributed by atoms with van der Waals surface area (Å²) in [5.41, 5.74) is 0.407. The average molecular weight is 330 g/mol. The zero-order chi connectivity index (χ0) is 15.1. The molecule has 1 heterocycles. The number of aromatic nitrogens is 2. The van der Waals surface area contributed by atoms with Gasteiger partial charge in [-0.25, -0.2) is 4.39 Å². The first-order valence-corrected chi connectivity index (χ1v) is 7.87. The Morgan fingerprint density at radius 1 is 1.33 bits per heavy atom. The molecule has 1 aromatic heterocycles. The van der Waals surface area contributed by atoms with Gasteiger partial charge in [0.2, 0.25) is 0 Å². The molecule has 21 heavy (non-hydrogen) atoms. The number of benzene rings is 1. The fourth-order valence-corrected chi connectivity index (χ4v) is 2.86. The van der Waals surface area contributed by atoms with Gasteiger partial charge in [0.15, 0.2) is 5.01 Å². The number of hydrogen-bond acceptors (Lipinski definition) is 5. The van der Waals surface area contributed by atoms with Crippen LogP contribution < -0.4 is 5.32 Å². The zero-order valence-corrected chi connectivity index (χ0v) is 13.3. The first kappa shape index (κ1) is 16.3. The van der Waals surface area contributed by atoms with Crippen molar-refractivity contribution < 1.29 is 9.13 Å². The predicted octanol–water partition coefficient (Wildman–Crippen LogP) is 3.17. The highest BCUT2D eigenvalue weighted by Crippen LogP contribution is 2.28. The molecule has 0 saturated heterocycles. The number of hydrogen-bond donors (Lipinski definition) is 1. The molecule has 0 amide bonds. The minimum absolute atomic E-state index is 0.330. The monoisotopic (exact) mass is 329 g/mol. The second-order valence-electron chi connectivity index (χ2n) is 4.47. The maximum atomic E-state index is 13.7. The molecule has 0 saturated carbocycles. The lowest BCUT2D eigenvalue weighted by molar-refractivity contribution is 0.199. The van der Waals surface area contributed by atoms with E-state index in [1.807, 2.05) is 0 Å². The highest BCUT2D eigenvalue weighted by Gasteiger charge is 2.11. The largest absolute Gasteiger partial charge is 0.383 e. The molecule has 0 spiro atoms. The van der Waals surface area contributed by atoms with Crippen molar-refractivity contribution in [3.05, 3.63) is 34.0 Å². The highest BCUT2D eigenvalue weighted by molar-refractivity contribution is 7.14. The molecule has 7 heteroatoms. The van der Waals surface area contributed by atoms with E-state index in [0.717, 1.165) is 30.9 Å². The van der Waals surface area contributed by atoms with Crippen LogP contribution in [0.4, 0.5) is 4.39 Å². The van der Waals surface area contributed by atoms with Crippen LogP contribution in [-0.2, 0) is 11.2 Å². The van der Waals surface area contributed by atoms with Crippen LogP contribution in [0.5, 0.6) is 0 Å². The number of aryl methyl sites for hydroxylation is 1.